The topological polar surface area (TPSA) is 37.3 Å². The SMILES string of the molecule is Cc1cc(C(=O)N2CCCNCC2)c(C)n1-c1ccccc1.Cl. The zero-order valence-electron chi connectivity index (χ0n) is 13.7. The Morgan fingerprint density at radius 3 is 2.57 bits per heavy atom. The number of carbonyl (C=O) groups is 1. The molecule has 5 heteroatoms. The first-order valence-corrected chi connectivity index (χ1v) is 7.93. The van der Waals surface area contributed by atoms with E-state index in [0.717, 1.165) is 55.2 Å². The Bertz CT molecular complexity index is 658. The highest BCUT2D eigenvalue weighted by atomic mass is 35.5. The molecule has 124 valence electrons. The highest BCUT2D eigenvalue weighted by Crippen LogP contribution is 2.22. The summed E-state index contributed by atoms with van der Waals surface area (Å²) in [5, 5.41) is 3.34. The maximum Gasteiger partial charge on any atom is 0.255 e. The lowest BCUT2D eigenvalue weighted by Gasteiger charge is -2.20. The van der Waals surface area contributed by atoms with Crippen LogP contribution in [0.5, 0.6) is 0 Å². The third kappa shape index (κ3) is 3.59. The van der Waals surface area contributed by atoms with Crippen molar-refractivity contribution in [1.82, 2.24) is 14.8 Å². The number of hydrogen-bond acceptors (Lipinski definition) is 2. The van der Waals surface area contributed by atoms with E-state index in [2.05, 4.69) is 28.9 Å². The van der Waals surface area contributed by atoms with Gasteiger partial charge in [-0.3, -0.25) is 4.79 Å². The minimum atomic E-state index is 0. The van der Waals surface area contributed by atoms with Gasteiger partial charge in [-0.05, 0) is 45.0 Å². The van der Waals surface area contributed by atoms with E-state index in [1.54, 1.807) is 0 Å². The van der Waals surface area contributed by atoms with Gasteiger partial charge >= 0.3 is 0 Å². The Morgan fingerprint density at radius 1 is 1.09 bits per heavy atom. The summed E-state index contributed by atoms with van der Waals surface area (Å²) in [5.41, 5.74) is 4.04. The largest absolute Gasteiger partial charge is 0.337 e. The van der Waals surface area contributed by atoms with Crippen molar-refractivity contribution >= 4 is 18.3 Å². The maximum atomic E-state index is 12.9. The molecule has 0 radical (unpaired) electrons. The van der Waals surface area contributed by atoms with Crippen molar-refractivity contribution in [3.8, 4) is 5.69 Å². The third-order valence-electron chi connectivity index (χ3n) is 4.30. The van der Waals surface area contributed by atoms with Crippen LogP contribution < -0.4 is 5.32 Å². The van der Waals surface area contributed by atoms with Gasteiger partial charge in [0.05, 0.1) is 5.56 Å². The molecule has 1 amide bonds. The average Bonchev–Trinajstić information content (AvgIpc) is 2.73. The Morgan fingerprint density at radius 2 is 1.83 bits per heavy atom. The van der Waals surface area contributed by atoms with Crippen molar-refractivity contribution in [1.29, 1.82) is 0 Å². The van der Waals surface area contributed by atoms with Crippen LogP contribution in [-0.2, 0) is 0 Å². The minimum absolute atomic E-state index is 0. The Labute approximate surface area is 143 Å². The van der Waals surface area contributed by atoms with E-state index in [-0.39, 0.29) is 18.3 Å². The molecule has 1 fully saturated rings. The van der Waals surface area contributed by atoms with Crippen LogP contribution >= 0.6 is 12.4 Å². The fourth-order valence-corrected chi connectivity index (χ4v) is 3.17. The van der Waals surface area contributed by atoms with Crippen molar-refractivity contribution in [3.63, 3.8) is 0 Å². The van der Waals surface area contributed by atoms with Crippen LogP contribution in [0.2, 0.25) is 0 Å². The van der Waals surface area contributed by atoms with Gasteiger partial charge in [0, 0.05) is 36.7 Å². The summed E-state index contributed by atoms with van der Waals surface area (Å²) in [4.78, 5) is 14.8. The number of carbonyl (C=O) groups excluding carboxylic acids is 1. The van der Waals surface area contributed by atoms with Gasteiger partial charge in [0.15, 0.2) is 0 Å². The lowest BCUT2D eigenvalue weighted by atomic mass is 10.2. The number of benzene rings is 1. The second-order valence-corrected chi connectivity index (χ2v) is 5.85. The van der Waals surface area contributed by atoms with Gasteiger partial charge in [-0.25, -0.2) is 0 Å². The molecule has 2 heterocycles. The molecule has 4 nitrogen and oxygen atoms in total. The van der Waals surface area contributed by atoms with Crippen LogP contribution in [0.15, 0.2) is 36.4 Å². The summed E-state index contributed by atoms with van der Waals surface area (Å²) in [5.74, 6) is 0.152. The number of aryl methyl sites for hydroxylation is 1. The molecular formula is C18H24ClN3O. The first-order valence-electron chi connectivity index (χ1n) is 7.93. The zero-order valence-corrected chi connectivity index (χ0v) is 14.5. The molecule has 0 aliphatic carbocycles. The molecule has 1 N–H and O–H groups in total. The molecule has 3 rings (SSSR count). The van der Waals surface area contributed by atoms with E-state index < -0.39 is 0 Å². The number of halogens is 1. The molecule has 1 aromatic heterocycles. The Balaban J connectivity index is 0.00000192. The van der Waals surface area contributed by atoms with Crippen molar-refractivity contribution < 1.29 is 4.79 Å². The summed E-state index contributed by atoms with van der Waals surface area (Å²) >= 11 is 0. The van der Waals surface area contributed by atoms with Gasteiger partial charge in [-0.1, -0.05) is 18.2 Å². The summed E-state index contributed by atoms with van der Waals surface area (Å²) in [6, 6.07) is 12.2. The predicted molar refractivity (Wildman–Crippen MR) is 95.9 cm³/mol. The van der Waals surface area contributed by atoms with Crippen molar-refractivity contribution in [2.24, 2.45) is 0 Å². The van der Waals surface area contributed by atoms with Crippen molar-refractivity contribution in [2.75, 3.05) is 26.2 Å². The number of nitrogens with one attached hydrogen (secondary N) is 1. The van der Waals surface area contributed by atoms with Gasteiger partial charge in [0.25, 0.3) is 5.91 Å². The van der Waals surface area contributed by atoms with Crippen molar-refractivity contribution in [3.05, 3.63) is 53.3 Å². The third-order valence-corrected chi connectivity index (χ3v) is 4.30. The van der Waals surface area contributed by atoms with E-state index in [4.69, 9.17) is 0 Å². The normalized spacial score (nSPS) is 15.0. The average molecular weight is 334 g/mol. The van der Waals surface area contributed by atoms with Gasteiger partial charge in [-0.15, -0.1) is 12.4 Å². The van der Waals surface area contributed by atoms with E-state index in [1.807, 2.05) is 36.1 Å². The first-order chi connectivity index (χ1) is 10.7. The molecular weight excluding hydrogens is 310 g/mol. The minimum Gasteiger partial charge on any atom is -0.337 e. The van der Waals surface area contributed by atoms with Crippen LogP contribution in [0.4, 0.5) is 0 Å². The van der Waals surface area contributed by atoms with Crippen LogP contribution in [0.3, 0.4) is 0 Å². The number of aromatic nitrogens is 1. The second kappa shape index (κ2) is 7.66. The first kappa shape index (κ1) is 17.6. The molecule has 2 aromatic rings. The quantitative estimate of drug-likeness (QED) is 0.917. The second-order valence-electron chi connectivity index (χ2n) is 5.85. The molecule has 1 saturated heterocycles. The fourth-order valence-electron chi connectivity index (χ4n) is 3.17. The number of rotatable bonds is 2. The number of nitrogens with zero attached hydrogens (tertiary/aromatic N) is 2. The summed E-state index contributed by atoms with van der Waals surface area (Å²) in [6.07, 6.45) is 1.02. The van der Waals surface area contributed by atoms with Crippen LogP contribution in [0.1, 0.15) is 28.2 Å². The van der Waals surface area contributed by atoms with Gasteiger partial charge < -0.3 is 14.8 Å². The number of amides is 1. The van der Waals surface area contributed by atoms with Crippen LogP contribution in [0.25, 0.3) is 5.69 Å². The molecule has 0 atom stereocenters. The van der Waals surface area contributed by atoms with Crippen LogP contribution in [-0.4, -0.2) is 41.6 Å². The molecule has 1 aliphatic rings. The van der Waals surface area contributed by atoms with Gasteiger partial charge in [0.2, 0.25) is 0 Å². The Kier molecular flexibility index (Phi) is 5.85. The number of hydrogen-bond donors (Lipinski definition) is 1. The van der Waals surface area contributed by atoms with Gasteiger partial charge in [0.1, 0.15) is 0 Å². The van der Waals surface area contributed by atoms with Crippen molar-refractivity contribution in [2.45, 2.75) is 20.3 Å². The summed E-state index contributed by atoms with van der Waals surface area (Å²) in [7, 11) is 0. The van der Waals surface area contributed by atoms with Gasteiger partial charge in [-0.2, -0.15) is 0 Å². The molecule has 0 bridgehead atoms. The molecule has 0 saturated carbocycles. The smallest absolute Gasteiger partial charge is 0.255 e. The lowest BCUT2D eigenvalue weighted by molar-refractivity contribution is 0.0765. The Hall–Kier alpha value is -1.78. The monoisotopic (exact) mass is 333 g/mol. The zero-order chi connectivity index (χ0) is 15.5. The molecule has 0 spiro atoms. The molecule has 0 unspecified atom stereocenters. The lowest BCUT2D eigenvalue weighted by Crippen LogP contribution is -2.34. The molecule has 1 aliphatic heterocycles. The van der Waals surface area contributed by atoms with E-state index in [1.165, 1.54) is 0 Å². The number of para-hydroxylation sites is 1. The maximum absolute atomic E-state index is 12.9. The summed E-state index contributed by atoms with van der Waals surface area (Å²) < 4.78 is 2.16. The van der Waals surface area contributed by atoms with E-state index in [9.17, 15) is 4.79 Å². The molecule has 23 heavy (non-hydrogen) atoms. The summed E-state index contributed by atoms with van der Waals surface area (Å²) in [6.45, 7) is 7.58. The van der Waals surface area contributed by atoms with Crippen LogP contribution in [0, 0.1) is 13.8 Å². The standard InChI is InChI=1S/C18H23N3O.ClH/c1-14-13-17(18(22)20-11-6-9-19-10-12-20)15(2)21(14)16-7-4-3-5-8-16;/h3-5,7-8,13,19H,6,9-12H2,1-2H3;1H. The van der Waals surface area contributed by atoms with E-state index >= 15 is 0 Å². The highest BCUT2D eigenvalue weighted by Gasteiger charge is 2.22. The highest BCUT2D eigenvalue weighted by molar-refractivity contribution is 5.96. The fraction of sp³-hybridized carbons (Fsp3) is 0.389. The predicted octanol–water partition coefficient (Wildman–Crippen LogP) is 2.95. The molecule has 1 aromatic carbocycles. The van der Waals surface area contributed by atoms with E-state index in [0.29, 0.717) is 0 Å².